The van der Waals surface area contributed by atoms with Crippen molar-refractivity contribution in [1.29, 1.82) is 0 Å². The average Bonchev–Trinajstić information content (AvgIpc) is 3.64. The molecule has 7 nitrogen and oxygen atoms in total. The lowest BCUT2D eigenvalue weighted by molar-refractivity contribution is -0.169. The van der Waals surface area contributed by atoms with Crippen molar-refractivity contribution < 1.29 is 33.7 Å². The topological polar surface area (TPSA) is 99.1 Å². The van der Waals surface area contributed by atoms with Crippen LogP contribution < -0.4 is 0 Å². The van der Waals surface area contributed by atoms with Gasteiger partial charge in [0, 0.05) is 12.8 Å². The Bertz CT molecular complexity index is 1120. The first-order valence-electron chi connectivity index (χ1n) is 25.8. The highest BCUT2D eigenvalue weighted by Gasteiger charge is 2.70. The van der Waals surface area contributed by atoms with Gasteiger partial charge in [0.15, 0.2) is 6.10 Å². The van der Waals surface area contributed by atoms with Crippen LogP contribution >= 0.6 is 0 Å². The van der Waals surface area contributed by atoms with E-state index in [1.807, 2.05) is 0 Å². The van der Waals surface area contributed by atoms with Gasteiger partial charge in [0.1, 0.15) is 13.2 Å². The summed E-state index contributed by atoms with van der Waals surface area (Å²) in [5.41, 5.74) is -0.872. The van der Waals surface area contributed by atoms with Crippen LogP contribution in [0, 0.1) is 17.3 Å². The number of unbranched alkanes of at least 4 members (excludes halogenated alkanes) is 22. The molecule has 0 amide bonds. The van der Waals surface area contributed by atoms with Gasteiger partial charge < -0.3 is 19.3 Å². The number of ether oxygens (including phenoxy) is 3. The van der Waals surface area contributed by atoms with E-state index in [0.29, 0.717) is 31.1 Å². The van der Waals surface area contributed by atoms with Gasteiger partial charge in [0.2, 0.25) is 0 Å². The molecule has 0 aromatic carbocycles. The summed E-state index contributed by atoms with van der Waals surface area (Å²) in [7, 11) is 0. The summed E-state index contributed by atoms with van der Waals surface area (Å²) in [5.74, 6) is -0.142. The predicted octanol–water partition coefficient (Wildman–Crippen LogP) is 14.6. The number of carbonyl (C=O) groups excluding carboxylic acids is 3. The summed E-state index contributed by atoms with van der Waals surface area (Å²) in [4.78, 5) is 39.1. The molecule has 60 heavy (non-hydrogen) atoms. The quantitative estimate of drug-likeness (QED) is 0.0285. The van der Waals surface area contributed by atoms with Crippen LogP contribution in [0.3, 0.4) is 0 Å². The predicted molar refractivity (Wildman–Crippen MR) is 247 cm³/mol. The Morgan fingerprint density at radius 3 is 1.32 bits per heavy atom. The normalized spacial score (nSPS) is 20.7. The molecule has 3 saturated carbocycles. The Morgan fingerprint density at radius 1 is 0.533 bits per heavy atom. The van der Waals surface area contributed by atoms with Crippen LogP contribution in [0.4, 0.5) is 0 Å². The second kappa shape index (κ2) is 32.5. The molecule has 0 bridgehead atoms. The lowest BCUT2D eigenvalue weighted by atomic mass is 9.68. The van der Waals surface area contributed by atoms with Crippen LogP contribution in [0.15, 0.2) is 24.3 Å². The van der Waals surface area contributed by atoms with Crippen LogP contribution in [0.5, 0.6) is 0 Å². The maximum absolute atomic E-state index is 13.6. The van der Waals surface area contributed by atoms with E-state index in [9.17, 15) is 19.5 Å². The van der Waals surface area contributed by atoms with Crippen LogP contribution in [0.2, 0.25) is 0 Å². The molecule has 3 aliphatic carbocycles. The van der Waals surface area contributed by atoms with Gasteiger partial charge in [-0.25, -0.2) is 0 Å². The molecule has 7 heteroatoms. The number of esters is 3. The van der Waals surface area contributed by atoms with Crippen molar-refractivity contribution in [2.75, 3.05) is 13.2 Å². The van der Waals surface area contributed by atoms with Crippen LogP contribution in [-0.2, 0) is 28.6 Å². The first-order chi connectivity index (χ1) is 29.3. The van der Waals surface area contributed by atoms with E-state index >= 15 is 0 Å². The lowest BCUT2D eigenvalue weighted by Gasteiger charge is -2.39. The van der Waals surface area contributed by atoms with E-state index in [4.69, 9.17) is 14.2 Å². The average molecular weight is 841 g/mol. The van der Waals surface area contributed by atoms with Crippen molar-refractivity contribution in [3.63, 3.8) is 0 Å². The van der Waals surface area contributed by atoms with E-state index in [0.717, 1.165) is 109 Å². The molecule has 0 spiro atoms. The minimum atomic E-state index is -0.838. The highest BCUT2D eigenvalue weighted by atomic mass is 16.6. The van der Waals surface area contributed by atoms with Gasteiger partial charge in [0.05, 0.1) is 12.0 Å². The Balaban J connectivity index is 1.32. The zero-order valence-electron chi connectivity index (χ0n) is 39.0. The molecule has 0 aliphatic heterocycles. The van der Waals surface area contributed by atoms with Crippen molar-refractivity contribution in [3.05, 3.63) is 24.3 Å². The fourth-order valence-corrected chi connectivity index (χ4v) is 10.0. The monoisotopic (exact) mass is 841 g/mol. The van der Waals surface area contributed by atoms with Crippen molar-refractivity contribution in [2.45, 2.75) is 263 Å². The van der Waals surface area contributed by atoms with Gasteiger partial charge in [-0.05, 0) is 114 Å². The molecular weight excluding hydrogens is 749 g/mol. The molecule has 2 atom stereocenters. The minimum absolute atomic E-state index is 0.114. The van der Waals surface area contributed by atoms with E-state index in [2.05, 4.69) is 38.2 Å². The first kappa shape index (κ1) is 52.2. The van der Waals surface area contributed by atoms with Gasteiger partial charge in [-0.15, -0.1) is 0 Å². The van der Waals surface area contributed by atoms with Gasteiger partial charge in [-0.2, -0.15) is 0 Å². The van der Waals surface area contributed by atoms with Gasteiger partial charge in [0.25, 0.3) is 0 Å². The third-order valence-corrected chi connectivity index (χ3v) is 14.0. The summed E-state index contributed by atoms with van der Waals surface area (Å²) in [6, 6.07) is 0. The maximum Gasteiger partial charge on any atom is 0.306 e. The Kier molecular flexibility index (Phi) is 28.3. The highest BCUT2D eigenvalue weighted by Crippen LogP contribution is 2.68. The molecule has 0 aromatic heterocycles. The number of fused-ring (bicyclic) bond motifs is 1. The smallest absolute Gasteiger partial charge is 0.306 e. The molecule has 2 unspecified atom stereocenters. The van der Waals surface area contributed by atoms with E-state index < -0.39 is 11.7 Å². The van der Waals surface area contributed by atoms with Crippen molar-refractivity contribution in [3.8, 4) is 0 Å². The summed E-state index contributed by atoms with van der Waals surface area (Å²) in [6.07, 6.45) is 48.5. The number of hydrogen-bond donors (Lipinski definition) is 1. The SMILES string of the molecule is CCCCCCCC/C=C\CCCCCCCC(=O)OCC(COC(=O)CCCCCCC/C=C\CCCCCCCC)OC(=O)CC1(CC2(O)C3CCC32)CCCCC1. The second-order valence-corrected chi connectivity index (χ2v) is 19.3. The standard InChI is InChI=1S/C53H92O7/c1-3-5-7-9-11-13-15-17-19-21-23-25-27-29-32-36-49(54)58-43-46(60-51(56)42-52(40-34-31-35-41-52)45-53(57)47-38-39-48(47)53)44-59-50(55)37-33-30-28-26-24-22-20-18-16-14-12-10-8-6-4-2/h17-20,46-48,57H,3-16,21-45H2,1-2H3/b19-17-,20-18-. The molecule has 3 fully saturated rings. The van der Waals surface area contributed by atoms with Crippen molar-refractivity contribution in [2.24, 2.45) is 17.3 Å². The molecular formula is C53H92O7. The Hall–Kier alpha value is -2.15. The second-order valence-electron chi connectivity index (χ2n) is 19.3. The van der Waals surface area contributed by atoms with Gasteiger partial charge >= 0.3 is 17.9 Å². The maximum atomic E-state index is 13.6. The minimum Gasteiger partial charge on any atom is -0.462 e. The Morgan fingerprint density at radius 2 is 0.917 bits per heavy atom. The van der Waals surface area contributed by atoms with Crippen LogP contribution in [-0.4, -0.2) is 47.9 Å². The van der Waals surface area contributed by atoms with E-state index in [1.54, 1.807) is 0 Å². The third-order valence-electron chi connectivity index (χ3n) is 14.0. The zero-order valence-corrected chi connectivity index (χ0v) is 39.0. The highest BCUT2D eigenvalue weighted by molar-refractivity contribution is 5.71. The largest absolute Gasteiger partial charge is 0.462 e. The lowest BCUT2D eigenvalue weighted by Crippen LogP contribution is -2.36. The molecule has 1 N–H and O–H groups in total. The Labute approximate surface area is 368 Å². The summed E-state index contributed by atoms with van der Waals surface area (Å²) < 4.78 is 17.2. The first-order valence-corrected chi connectivity index (χ1v) is 25.8. The van der Waals surface area contributed by atoms with Gasteiger partial charge in [-0.3, -0.25) is 14.4 Å². The van der Waals surface area contributed by atoms with E-state index in [-0.39, 0.29) is 43.0 Å². The molecule has 3 rings (SSSR count). The van der Waals surface area contributed by atoms with E-state index in [1.165, 1.54) is 103 Å². The summed E-state index contributed by atoms with van der Waals surface area (Å²) in [5, 5.41) is 11.4. The van der Waals surface area contributed by atoms with Crippen molar-refractivity contribution >= 4 is 17.9 Å². The molecule has 3 aliphatic rings. The number of hydrogen-bond acceptors (Lipinski definition) is 7. The molecule has 0 radical (unpaired) electrons. The summed E-state index contributed by atoms with van der Waals surface area (Å²) >= 11 is 0. The summed E-state index contributed by atoms with van der Waals surface area (Å²) in [6.45, 7) is 4.29. The third kappa shape index (κ3) is 22.8. The molecule has 346 valence electrons. The fourth-order valence-electron chi connectivity index (χ4n) is 10.0. The number of rotatable bonds is 39. The fraction of sp³-hybridized carbons (Fsp3) is 0.868. The number of aliphatic hydroxyl groups is 1. The molecule has 0 heterocycles. The number of carbonyl (C=O) groups is 3. The molecule has 0 saturated heterocycles. The van der Waals surface area contributed by atoms with Gasteiger partial charge in [-0.1, -0.05) is 160 Å². The van der Waals surface area contributed by atoms with Crippen LogP contribution in [0.25, 0.3) is 0 Å². The number of allylic oxidation sites excluding steroid dienone is 4. The molecule has 0 aromatic rings. The van der Waals surface area contributed by atoms with Crippen LogP contribution in [0.1, 0.15) is 251 Å². The zero-order chi connectivity index (χ0) is 43.0. The van der Waals surface area contributed by atoms with Crippen molar-refractivity contribution in [1.82, 2.24) is 0 Å².